The molecule has 5 heteroatoms. The summed E-state index contributed by atoms with van der Waals surface area (Å²) in [5.41, 5.74) is 2.77. The molecule has 0 aliphatic rings. The van der Waals surface area contributed by atoms with E-state index in [-0.39, 0.29) is 12.5 Å². The number of halogens is 1. The van der Waals surface area contributed by atoms with E-state index < -0.39 is 5.97 Å². The minimum atomic E-state index is -0.482. The standard InChI is InChI=1S/C17H16ClNO3/c1-12(20)22-11-17(21)19-16-5-3-2-4-14(16)10-13-6-8-15(18)9-7-13/h2-9H,10-11H2,1H3,(H,19,21). The Morgan fingerprint density at radius 1 is 1.09 bits per heavy atom. The van der Waals surface area contributed by atoms with E-state index in [4.69, 9.17) is 11.6 Å². The summed E-state index contributed by atoms with van der Waals surface area (Å²) >= 11 is 5.88. The Morgan fingerprint density at radius 3 is 2.45 bits per heavy atom. The second-order valence-corrected chi connectivity index (χ2v) is 5.23. The number of esters is 1. The fourth-order valence-corrected chi connectivity index (χ4v) is 2.10. The zero-order chi connectivity index (χ0) is 15.9. The molecule has 0 aliphatic heterocycles. The zero-order valence-corrected chi connectivity index (χ0v) is 12.9. The molecule has 0 saturated heterocycles. The zero-order valence-electron chi connectivity index (χ0n) is 12.1. The van der Waals surface area contributed by atoms with Gasteiger partial charge in [-0.15, -0.1) is 0 Å². The molecule has 0 atom stereocenters. The van der Waals surface area contributed by atoms with Crippen molar-refractivity contribution in [2.75, 3.05) is 11.9 Å². The van der Waals surface area contributed by atoms with Crippen molar-refractivity contribution in [2.45, 2.75) is 13.3 Å². The first-order chi connectivity index (χ1) is 10.5. The quantitative estimate of drug-likeness (QED) is 0.860. The molecule has 114 valence electrons. The number of para-hydroxylation sites is 1. The number of ether oxygens (including phenoxy) is 1. The molecule has 1 N–H and O–H groups in total. The first-order valence-electron chi connectivity index (χ1n) is 6.80. The summed E-state index contributed by atoms with van der Waals surface area (Å²) in [4.78, 5) is 22.5. The molecule has 2 aromatic carbocycles. The maximum Gasteiger partial charge on any atom is 0.303 e. The number of amides is 1. The van der Waals surface area contributed by atoms with Crippen LogP contribution in [0.25, 0.3) is 0 Å². The van der Waals surface area contributed by atoms with Gasteiger partial charge < -0.3 is 10.1 Å². The molecule has 0 heterocycles. The van der Waals surface area contributed by atoms with Crippen LogP contribution in [0, 0.1) is 0 Å². The lowest BCUT2D eigenvalue weighted by atomic mass is 10.0. The highest BCUT2D eigenvalue weighted by molar-refractivity contribution is 6.30. The van der Waals surface area contributed by atoms with Gasteiger partial charge in [0, 0.05) is 17.6 Å². The van der Waals surface area contributed by atoms with Gasteiger partial charge in [-0.05, 0) is 35.7 Å². The van der Waals surface area contributed by atoms with Gasteiger partial charge in [-0.25, -0.2) is 0 Å². The van der Waals surface area contributed by atoms with Crippen molar-refractivity contribution in [3.63, 3.8) is 0 Å². The molecule has 0 aliphatic carbocycles. The van der Waals surface area contributed by atoms with E-state index in [2.05, 4.69) is 10.1 Å². The summed E-state index contributed by atoms with van der Waals surface area (Å²) in [6.07, 6.45) is 0.668. The molecule has 22 heavy (non-hydrogen) atoms. The Balaban J connectivity index is 2.07. The topological polar surface area (TPSA) is 55.4 Å². The van der Waals surface area contributed by atoms with Crippen molar-refractivity contribution in [2.24, 2.45) is 0 Å². The fourth-order valence-electron chi connectivity index (χ4n) is 1.97. The number of nitrogens with one attached hydrogen (secondary N) is 1. The molecular formula is C17H16ClNO3. The first kappa shape index (κ1) is 16.0. The van der Waals surface area contributed by atoms with Crippen LogP contribution in [0.1, 0.15) is 18.1 Å². The van der Waals surface area contributed by atoms with Crippen molar-refractivity contribution < 1.29 is 14.3 Å². The molecule has 2 aromatic rings. The predicted molar refractivity (Wildman–Crippen MR) is 86.0 cm³/mol. The number of hydrogen-bond acceptors (Lipinski definition) is 3. The van der Waals surface area contributed by atoms with Crippen molar-refractivity contribution in [1.29, 1.82) is 0 Å². The SMILES string of the molecule is CC(=O)OCC(=O)Nc1ccccc1Cc1ccc(Cl)cc1. The molecule has 0 radical (unpaired) electrons. The van der Waals surface area contributed by atoms with Gasteiger partial charge in [-0.3, -0.25) is 9.59 Å². The van der Waals surface area contributed by atoms with Gasteiger partial charge in [0.05, 0.1) is 0 Å². The molecule has 4 nitrogen and oxygen atoms in total. The number of rotatable bonds is 5. The van der Waals surface area contributed by atoms with Crippen LogP contribution in [0.3, 0.4) is 0 Å². The van der Waals surface area contributed by atoms with Crippen LogP contribution in [-0.2, 0) is 20.7 Å². The van der Waals surface area contributed by atoms with E-state index in [9.17, 15) is 9.59 Å². The fraction of sp³-hybridized carbons (Fsp3) is 0.176. The van der Waals surface area contributed by atoms with Crippen molar-refractivity contribution in [1.82, 2.24) is 0 Å². The minimum Gasteiger partial charge on any atom is -0.456 e. The van der Waals surface area contributed by atoms with E-state index in [1.165, 1.54) is 6.92 Å². The van der Waals surface area contributed by atoms with Crippen molar-refractivity contribution >= 4 is 29.2 Å². The predicted octanol–water partition coefficient (Wildman–Crippen LogP) is 3.43. The van der Waals surface area contributed by atoms with E-state index in [0.29, 0.717) is 17.1 Å². The molecule has 0 spiro atoms. The van der Waals surface area contributed by atoms with E-state index >= 15 is 0 Å². The number of carbonyl (C=O) groups is 2. The highest BCUT2D eigenvalue weighted by Gasteiger charge is 2.08. The maximum atomic E-state index is 11.8. The van der Waals surface area contributed by atoms with E-state index in [1.54, 1.807) is 0 Å². The van der Waals surface area contributed by atoms with Crippen LogP contribution in [0.15, 0.2) is 48.5 Å². The Labute approximate surface area is 134 Å². The normalized spacial score (nSPS) is 10.1. The summed E-state index contributed by atoms with van der Waals surface area (Å²) in [7, 11) is 0. The van der Waals surface area contributed by atoms with Gasteiger partial charge in [0.15, 0.2) is 6.61 Å². The average Bonchev–Trinajstić information content (AvgIpc) is 2.49. The van der Waals surface area contributed by atoms with Crippen LogP contribution in [0.4, 0.5) is 5.69 Å². The smallest absolute Gasteiger partial charge is 0.303 e. The third kappa shape index (κ3) is 4.90. The van der Waals surface area contributed by atoms with Gasteiger partial charge in [0.2, 0.25) is 0 Å². The Hall–Kier alpha value is -2.33. The Kier molecular flexibility index (Phi) is 5.55. The minimum absolute atomic E-state index is 0.287. The summed E-state index contributed by atoms with van der Waals surface area (Å²) in [5.74, 6) is -0.844. The molecule has 1 amide bonds. The highest BCUT2D eigenvalue weighted by atomic mass is 35.5. The van der Waals surface area contributed by atoms with Crippen LogP contribution in [0.2, 0.25) is 5.02 Å². The van der Waals surface area contributed by atoms with Crippen LogP contribution in [-0.4, -0.2) is 18.5 Å². The summed E-state index contributed by atoms with van der Waals surface area (Å²) < 4.78 is 4.68. The second kappa shape index (κ2) is 7.61. The summed E-state index contributed by atoms with van der Waals surface area (Å²) in [6.45, 7) is 0.979. The molecule has 0 fully saturated rings. The molecule has 0 unspecified atom stereocenters. The number of benzene rings is 2. The average molecular weight is 318 g/mol. The first-order valence-corrected chi connectivity index (χ1v) is 7.18. The highest BCUT2D eigenvalue weighted by Crippen LogP contribution is 2.20. The lowest BCUT2D eigenvalue weighted by Crippen LogP contribution is -2.20. The number of anilines is 1. The number of carbonyl (C=O) groups excluding carboxylic acids is 2. The van der Waals surface area contributed by atoms with Gasteiger partial charge in [-0.2, -0.15) is 0 Å². The van der Waals surface area contributed by atoms with Crippen molar-refractivity contribution in [3.05, 3.63) is 64.7 Å². The Morgan fingerprint density at radius 2 is 1.77 bits per heavy atom. The second-order valence-electron chi connectivity index (χ2n) is 4.79. The van der Waals surface area contributed by atoms with Crippen LogP contribution < -0.4 is 5.32 Å². The largest absolute Gasteiger partial charge is 0.456 e. The van der Waals surface area contributed by atoms with Crippen molar-refractivity contribution in [3.8, 4) is 0 Å². The third-order valence-electron chi connectivity index (χ3n) is 3.01. The molecule has 0 aromatic heterocycles. The Bertz CT molecular complexity index is 668. The molecular weight excluding hydrogens is 302 g/mol. The van der Waals surface area contributed by atoms with Crippen LogP contribution >= 0.6 is 11.6 Å². The lowest BCUT2D eigenvalue weighted by molar-refractivity contribution is -0.144. The van der Waals surface area contributed by atoms with Gasteiger partial charge in [0.1, 0.15) is 0 Å². The molecule has 2 rings (SSSR count). The van der Waals surface area contributed by atoms with Gasteiger partial charge in [-0.1, -0.05) is 41.9 Å². The van der Waals surface area contributed by atoms with E-state index in [0.717, 1.165) is 11.1 Å². The monoisotopic (exact) mass is 317 g/mol. The third-order valence-corrected chi connectivity index (χ3v) is 3.26. The molecule has 0 saturated carbocycles. The summed E-state index contributed by atoms with van der Waals surface area (Å²) in [6, 6.07) is 15.1. The van der Waals surface area contributed by atoms with Crippen LogP contribution in [0.5, 0.6) is 0 Å². The number of hydrogen-bond donors (Lipinski definition) is 1. The van der Waals surface area contributed by atoms with E-state index in [1.807, 2.05) is 48.5 Å². The van der Waals surface area contributed by atoms with Gasteiger partial charge >= 0.3 is 5.97 Å². The summed E-state index contributed by atoms with van der Waals surface area (Å²) in [5, 5.41) is 3.44. The molecule has 0 bridgehead atoms. The van der Waals surface area contributed by atoms with Gasteiger partial charge in [0.25, 0.3) is 5.91 Å². The lowest BCUT2D eigenvalue weighted by Gasteiger charge is -2.11. The maximum absolute atomic E-state index is 11.8.